The van der Waals surface area contributed by atoms with Gasteiger partial charge in [-0.05, 0) is 44.7 Å². The summed E-state index contributed by atoms with van der Waals surface area (Å²) in [5.41, 5.74) is 8.45. The highest BCUT2D eigenvalue weighted by Gasteiger charge is 2.18. The zero-order valence-corrected chi connectivity index (χ0v) is 23.9. The fourth-order valence-corrected chi connectivity index (χ4v) is 4.38. The first-order valence-corrected chi connectivity index (χ1v) is 13.7. The van der Waals surface area contributed by atoms with Crippen molar-refractivity contribution in [2.45, 2.75) is 65.3 Å². The van der Waals surface area contributed by atoms with Crippen LogP contribution in [0.2, 0.25) is 0 Å². The minimum Gasteiger partial charge on any atom is -0.496 e. The lowest BCUT2D eigenvalue weighted by Crippen LogP contribution is -2.36. The number of carbonyl (C=O) groups is 1. The summed E-state index contributed by atoms with van der Waals surface area (Å²) in [6.07, 6.45) is 0.796. The number of esters is 1. The Bertz CT molecular complexity index is 1050. The van der Waals surface area contributed by atoms with Crippen LogP contribution >= 0.6 is 0 Å². The van der Waals surface area contributed by atoms with Crippen molar-refractivity contribution in [3.8, 4) is 11.5 Å². The number of aliphatic hydroxyl groups excluding tert-OH is 1. The van der Waals surface area contributed by atoms with Gasteiger partial charge >= 0.3 is 5.97 Å². The topological polar surface area (TPSA) is 132 Å². The number of hydrogen-bond donors (Lipinski definition) is 3. The molecule has 0 fully saturated rings. The Hall–Kier alpha value is -3.25. The van der Waals surface area contributed by atoms with Crippen LogP contribution in [0.1, 0.15) is 56.4 Å². The van der Waals surface area contributed by atoms with Crippen molar-refractivity contribution in [2.24, 2.45) is 0 Å². The van der Waals surface area contributed by atoms with Crippen LogP contribution in [0.25, 0.3) is 0 Å². The summed E-state index contributed by atoms with van der Waals surface area (Å²) in [7, 11) is 1.57. The molecule has 0 aliphatic carbocycles. The normalized spacial score (nSPS) is 12.0. The molecule has 0 bridgehead atoms. The van der Waals surface area contributed by atoms with Gasteiger partial charge in [0.25, 0.3) is 6.43 Å². The maximum absolute atomic E-state index is 12.9. The number of nitrogens with two attached hydrogens (primary N) is 1. The van der Waals surface area contributed by atoms with Crippen molar-refractivity contribution in [2.75, 3.05) is 57.6 Å². The van der Waals surface area contributed by atoms with Crippen molar-refractivity contribution < 1.29 is 32.9 Å². The van der Waals surface area contributed by atoms with Gasteiger partial charge in [-0.2, -0.15) is 4.98 Å². The van der Waals surface area contributed by atoms with Crippen molar-refractivity contribution in [3.63, 3.8) is 0 Å². The van der Waals surface area contributed by atoms with E-state index in [1.807, 2.05) is 19.1 Å². The predicted octanol–water partition coefficient (Wildman–Crippen LogP) is 3.83. The summed E-state index contributed by atoms with van der Waals surface area (Å²) >= 11 is 0. The maximum atomic E-state index is 12.9. The van der Waals surface area contributed by atoms with Crippen LogP contribution < -0.4 is 20.5 Å². The molecule has 0 saturated heterocycles. The van der Waals surface area contributed by atoms with E-state index in [2.05, 4.69) is 22.2 Å². The number of ether oxygens (including phenoxy) is 3. The number of benzene rings is 1. The molecule has 0 aliphatic heterocycles. The molecule has 0 radical (unpaired) electrons. The first-order chi connectivity index (χ1) is 19.2. The number of nitrogen functional groups attached to an aromatic ring is 1. The predicted molar refractivity (Wildman–Crippen MR) is 150 cm³/mol. The average Bonchev–Trinajstić information content (AvgIpc) is 2.89. The molecule has 2 rings (SSSR count). The number of aryl methyl sites for hydroxylation is 1. The zero-order chi connectivity index (χ0) is 29.5. The molecule has 1 heterocycles. The molecule has 0 amide bonds. The zero-order valence-electron chi connectivity index (χ0n) is 23.9. The molecule has 0 spiro atoms. The highest BCUT2D eigenvalue weighted by atomic mass is 19.3. The molecule has 1 atom stereocenters. The molecule has 0 saturated carbocycles. The van der Waals surface area contributed by atoms with E-state index in [1.54, 1.807) is 20.1 Å². The number of nitrogens with one attached hydrogen (secondary N) is 1. The molecule has 2 aromatic rings. The van der Waals surface area contributed by atoms with Crippen LogP contribution in [0.5, 0.6) is 11.5 Å². The fourth-order valence-electron chi connectivity index (χ4n) is 4.38. The van der Waals surface area contributed by atoms with Crippen molar-refractivity contribution >= 4 is 17.7 Å². The molecule has 12 heteroatoms. The number of alkyl halides is 2. The van der Waals surface area contributed by atoms with Gasteiger partial charge in [0.05, 0.1) is 33.4 Å². The number of carbonyl (C=O) groups excluding carboxylic acids is 1. The molecule has 10 nitrogen and oxygen atoms in total. The number of anilines is 2. The van der Waals surface area contributed by atoms with E-state index in [1.165, 1.54) is 4.90 Å². The van der Waals surface area contributed by atoms with E-state index in [0.29, 0.717) is 36.6 Å². The van der Waals surface area contributed by atoms with Gasteiger partial charge in [-0.1, -0.05) is 19.4 Å². The Kier molecular flexibility index (Phi) is 14.4. The lowest BCUT2D eigenvalue weighted by Gasteiger charge is -2.22. The minimum absolute atomic E-state index is 0.0500. The third-order valence-electron chi connectivity index (χ3n) is 6.25. The maximum Gasteiger partial charge on any atom is 0.320 e. The number of aromatic nitrogens is 2. The molecule has 1 aromatic heterocycles. The molecule has 0 unspecified atom stereocenters. The van der Waals surface area contributed by atoms with Crippen LogP contribution in [0, 0.1) is 6.92 Å². The monoisotopic (exact) mass is 567 g/mol. The second-order valence-electron chi connectivity index (χ2n) is 9.42. The van der Waals surface area contributed by atoms with Crippen LogP contribution in [0.4, 0.5) is 20.5 Å². The highest BCUT2D eigenvalue weighted by Crippen LogP contribution is 2.30. The molecule has 4 N–H and O–H groups in total. The lowest BCUT2D eigenvalue weighted by atomic mass is 10.0. The first-order valence-electron chi connectivity index (χ1n) is 13.7. The Labute approximate surface area is 235 Å². The number of aliphatic hydroxyl groups is 1. The second-order valence-corrected chi connectivity index (χ2v) is 9.42. The van der Waals surface area contributed by atoms with Crippen molar-refractivity contribution in [3.05, 3.63) is 35.0 Å². The van der Waals surface area contributed by atoms with Gasteiger partial charge in [0.1, 0.15) is 17.3 Å². The average molecular weight is 568 g/mol. The van der Waals surface area contributed by atoms with Gasteiger partial charge in [0.2, 0.25) is 5.95 Å². The van der Waals surface area contributed by atoms with E-state index in [0.717, 1.165) is 29.7 Å². The summed E-state index contributed by atoms with van der Waals surface area (Å²) in [5.74, 6) is 1.46. The number of rotatable bonds is 19. The molecule has 224 valence electrons. The Morgan fingerprint density at radius 3 is 2.65 bits per heavy atom. The Morgan fingerprint density at radius 1 is 1.23 bits per heavy atom. The minimum atomic E-state index is -2.55. The fraction of sp³-hybridized carbons (Fsp3) is 0.607. The lowest BCUT2D eigenvalue weighted by molar-refractivity contribution is -0.144. The Morgan fingerprint density at radius 2 is 2.00 bits per heavy atom. The number of hydrogen-bond acceptors (Lipinski definition) is 10. The van der Waals surface area contributed by atoms with E-state index < -0.39 is 18.9 Å². The van der Waals surface area contributed by atoms with Gasteiger partial charge in [-0.3, -0.25) is 9.69 Å². The molecule has 40 heavy (non-hydrogen) atoms. The van der Waals surface area contributed by atoms with Gasteiger partial charge in [-0.15, -0.1) is 0 Å². The first kappa shape index (κ1) is 33.0. The van der Waals surface area contributed by atoms with Gasteiger partial charge in [-0.25, -0.2) is 13.8 Å². The van der Waals surface area contributed by atoms with Gasteiger partial charge < -0.3 is 30.4 Å². The van der Waals surface area contributed by atoms with Crippen LogP contribution in [-0.2, 0) is 16.0 Å². The van der Waals surface area contributed by atoms with E-state index >= 15 is 0 Å². The number of halogens is 2. The SMILES string of the molecule is CCC[C@@H](CCO)Nc1nc(N)nc(C)c1Cc1ccc(OCCCN(CC(=O)OCC)CC(F)F)cc1OC. The van der Waals surface area contributed by atoms with E-state index in [9.17, 15) is 18.7 Å². The van der Waals surface area contributed by atoms with Crippen molar-refractivity contribution in [1.29, 1.82) is 0 Å². The summed E-state index contributed by atoms with van der Waals surface area (Å²) in [6, 6.07) is 5.54. The van der Waals surface area contributed by atoms with Crippen LogP contribution in [0.3, 0.4) is 0 Å². The van der Waals surface area contributed by atoms with Crippen molar-refractivity contribution in [1.82, 2.24) is 14.9 Å². The highest BCUT2D eigenvalue weighted by molar-refractivity contribution is 5.71. The van der Waals surface area contributed by atoms with Gasteiger partial charge in [0, 0.05) is 42.9 Å². The summed E-state index contributed by atoms with van der Waals surface area (Å²) < 4.78 is 42.2. The van der Waals surface area contributed by atoms with E-state index in [4.69, 9.17) is 19.9 Å². The molecular weight excluding hydrogens is 524 g/mol. The number of methoxy groups -OCH3 is 1. The number of nitrogens with zero attached hydrogens (tertiary/aromatic N) is 3. The third kappa shape index (κ3) is 11.1. The quantitative estimate of drug-likeness (QED) is 0.170. The molecule has 0 aliphatic rings. The molecule has 1 aromatic carbocycles. The third-order valence-corrected chi connectivity index (χ3v) is 6.25. The van der Waals surface area contributed by atoms with Crippen LogP contribution in [0.15, 0.2) is 18.2 Å². The van der Waals surface area contributed by atoms with Gasteiger partial charge in [0.15, 0.2) is 0 Å². The molecular formula is C28H43F2N5O5. The smallest absolute Gasteiger partial charge is 0.320 e. The summed E-state index contributed by atoms with van der Waals surface area (Å²) in [6.45, 7) is 5.74. The van der Waals surface area contributed by atoms with Crippen LogP contribution in [-0.4, -0.2) is 85.0 Å². The second kappa shape index (κ2) is 17.4. The van der Waals surface area contributed by atoms with E-state index in [-0.39, 0.29) is 44.9 Å². The standard InChI is InChI=1S/C28H43F2N5O5/c1-5-8-21(11-13-36)33-27-23(19(3)32-28(31)34-27)15-20-9-10-22(16-24(20)38-4)40-14-7-12-35(17-25(29)30)18-26(37)39-6-2/h9-10,16,21,25,36H,5-8,11-15,17-18H2,1-4H3,(H3,31,32,33,34)/t21-/m0/s1. The summed E-state index contributed by atoms with van der Waals surface area (Å²) in [5, 5.41) is 12.9. The largest absolute Gasteiger partial charge is 0.496 e. The summed E-state index contributed by atoms with van der Waals surface area (Å²) in [4.78, 5) is 21.9. The Balaban J connectivity index is 2.09.